The minimum Gasteiger partial charge on any atom is -0.487 e. The maximum Gasteiger partial charge on any atom is 0.416 e. The summed E-state index contributed by atoms with van der Waals surface area (Å²) in [5.41, 5.74) is -1.72. The van der Waals surface area contributed by atoms with Crippen LogP contribution < -0.4 is 4.74 Å². The first kappa shape index (κ1) is 23.3. The Morgan fingerprint density at radius 1 is 0.882 bits per heavy atom. The summed E-state index contributed by atoms with van der Waals surface area (Å²) in [4.78, 5) is 16.4. The van der Waals surface area contributed by atoms with Gasteiger partial charge in [-0.1, -0.05) is 54.6 Å². The summed E-state index contributed by atoms with van der Waals surface area (Å²) in [6.45, 7) is 0.178. The van der Waals surface area contributed by atoms with Crippen LogP contribution in [0.25, 0.3) is 10.9 Å². The number of carboxylic acids is 1. The number of para-hydroxylation sites is 1. The van der Waals surface area contributed by atoms with Crippen molar-refractivity contribution in [1.82, 2.24) is 4.98 Å². The zero-order valence-electron chi connectivity index (χ0n) is 17.8. The van der Waals surface area contributed by atoms with Crippen LogP contribution in [-0.2, 0) is 29.6 Å². The van der Waals surface area contributed by atoms with E-state index in [1.807, 2.05) is 36.4 Å². The van der Waals surface area contributed by atoms with Crippen molar-refractivity contribution in [2.75, 3.05) is 0 Å². The van der Waals surface area contributed by atoms with E-state index in [0.29, 0.717) is 11.4 Å². The molecule has 174 valence electrons. The molecule has 34 heavy (non-hydrogen) atoms. The van der Waals surface area contributed by atoms with Crippen LogP contribution in [0.1, 0.15) is 22.4 Å². The molecule has 0 aliphatic heterocycles. The van der Waals surface area contributed by atoms with E-state index in [9.17, 15) is 28.2 Å². The highest BCUT2D eigenvalue weighted by Gasteiger charge is 2.39. The molecular weight excluding hydrogens is 447 g/mol. The number of nitrogens with zero attached hydrogens (tertiary/aromatic N) is 1. The fourth-order valence-corrected chi connectivity index (χ4v) is 3.63. The average Bonchev–Trinajstić information content (AvgIpc) is 2.82. The van der Waals surface area contributed by atoms with Gasteiger partial charge in [0.1, 0.15) is 12.4 Å². The molecule has 0 radical (unpaired) electrons. The highest BCUT2D eigenvalue weighted by Crippen LogP contribution is 2.33. The Morgan fingerprint density at radius 2 is 1.62 bits per heavy atom. The lowest BCUT2D eigenvalue weighted by atomic mass is 9.87. The van der Waals surface area contributed by atoms with Crippen molar-refractivity contribution in [3.63, 3.8) is 0 Å². The van der Waals surface area contributed by atoms with Crippen LogP contribution in [-0.4, -0.2) is 21.2 Å². The van der Waals surface area contributed by atoms with E-state index in [1.165, 1.54) is 36.4 Å². The quantitative estimate of drug-likeness (QED) is 0.383. The third kappa shape index (κ3) is 5.02. The third-order valence-electron chi connectivity index (χ3n) is 5.44. The maximum atomic E-state index is 13.0. The second kappa shape index (κ2) is 9.15. The van der Waals surface area contributed by atoms with Crippen molar-refractivity contribution in [2.24, 2.45) is 0 Å². The molecular formula is C26H20F3NO4. The SMILES string of the molecule is O=C(O)C(O)(Cc1cccc(C(F)(F)F)c1)c1ccc(OCc2ccc3ccccc3n2)cc1. The molecule has 5 nitrogen and oxygen atoms in total. The summed E-state index contributed by atoms with van der Waals surface area (Å²) in [5.74, 6) is -1.15. The van der Waals surface area contributed by atoms with Gasteiger partial charge in [-0.05, 0) is 41.5 Å². The smallest absolute Gasteiger partial charge is 0.416 e. The van der Waals surface area contributed by atoms with Crippen LogP contribution in [0, 0.1) is 0 Å². The number of aliphatic hydroxyl groups is 1. The van der Waals surface area contributed by atoms with Gasteiger partial charge in [0.05, 0.1) is 16.8 Å². The van der Waals surface area contributed by atoms with Crippen LogP contribution >= 0.6 is 0 Å². The molecule has 0 saturated heterocycles. The van der Waals surface area contributed by atoms with Crippen molar-refractivity contribution in [3.8, 4) is 5.75 Å². The predicted molar refractivity (Wildman–Crippen MR) is 119 cm³/mol. The van der Waals surface area contributed by atoms with Crippen molar-refractivity contribution < 1.29 is 32.9 Å². The first-order chi connectivity index (χ1) is 16.1. The van der Waals surface area contributed by atoms with Gasteiger partial charge < -0.3 is 14.9 Å². The van der Waals surface area contributed by atoms with Crippen LogP contribution in [0.4, 0.5) is 13.2 Å². The fraction of sp³-hybridized carbons (Fsp3) is 0.154. The van der Waals surface area contributed by atoms with Gasteiger partial charge in [-0.2, -0.15) is 13.2 Å². The molecule has 0 saturated carbocycles. The molecule has 0 amide bonds. The highest BCUT2D eigenvalue weighted by molar-refractivity contribution is 5.80. The van der Waals surface area contributed by atoms with E-state index in [-0.39, 0.29) is 17.7 Å². The number of pyridine rings is 1. The lowest BCUT2D eigenvalue weighted by Gasteiger charge is -2.24. The summed E-state index contributed by atoms with van der Waals surface area (Å²) in [6, 6.07) is 21.4. The molecule has 8 heteroatoms. The van der Waals surface area contributed by atoms with E-state index in [4.69, 9.17) is 4.74 Å². The molecule has 1 heterocycles. The minimum atomic E-state index is -4.57. The van der Waals surface area contributed by atoms with Gasteiger partial charge in [0.2, 0.25) is 0 Å². The minimum absolute atomic E-state index is 0.0218. The van der Waals surface area contributed by atoms with Crippen LogP contribution in [0.5, 0.6) is 5.75 Å². The monoisotopic (exact) mass is 467 g/mol. The molecule has 0 aliphatic rings. The third-order valence-corrected chi connectivity index (χ3v) is 5.44. The van der Waals surface area contributed by atoms with Gasteiger partial charge >= 0.3 is 12.1 Å². The van der Waals surface area contributed by atoms with Crippen molar-refractivity contribution in [1.29, 1.82) is 0 Å². The molecule has 1 unspecified atom stereocenters. The summed E-state index contributed by atoms with van der Waals surface area (Å²) >= 11 is 0. The molecule has 4 rings (SSSR count). The number of aromatic nitrogens is 1. The van der Waals surface area contributed by atoms with Gasteiger partial charge in [-0.3, -0.25) is 0 Å². The largest absolute Gasteiger partial charge is 0.487 e. The van der Waals surface area contributed by atoms with Gasteiger partial charge in [0.15, 0.2) is 5.60 Å². The molecule has 4 aromatic rings. The number of alkyl halides is 3. The fourth-order valence-electron chi connectivity index (χ4n) is 3.63. The van der Waals surface area contributed by atoms with Crippen molar-refractivity contribution in [2.45, 2.75) is 24.8 Å². The van der Waals surface area contributed by atoms with Crippen LogP contribution in [0.3, 0.4) is 0 Å². The zero-order chi connectivity index (χ0) is 24.3. The number of carboxylic acid groups (broad SMARTS) is 1. The lowest BCUT2D eigenvalue weighted by molar-refractivity contribution is -0.159. The van der Waals surface area contributed by atoms with E-state index in [0.717, 1.165) is 23.0 Å². The summed E-state index contributed by atoms with van der Waals surface area (Å²) in [5, 5.41) is 21.6. The van der Waals surface area contributed by atoms with E-state index in [2.05, 4.69) is 4.98 Å². The maximum absolute atomic E-state index is 13.0. The summed E-state index contributed by atoms with van der Waals surface area (Å²) < 4.78 is 44.7. The Morgan fingerprint density at radius 3 is 2.32 bits per heavy atom. The molecule has 1 atom stereocenters. The standard InChI is InChI=1S/C26H20F3NO4/c27-26(28,29)20-6-3-4-17(14-20)15-25(33,24(31)32)19-9-12-22(13-10-19)34-16-21-11-8-18-5-1-2-7-23(18)30-21/h1-14,33H,15-16H2,(H,31,32). The average molecular weight is 467 g/mol. The second-order valence-electron chi connectivity index (χ2n) is 7.85. The van der Waals surface area contributed by atoms with E-state index in [1.54, 1.807) is 0 Å². The lowest BCUT2D eigenvalue weighted by Crippen LogP contribution is -2.38. The Balaban J connectivity index is 1.50. The van der Waals surface area contributed by atoms with Crippen molar-refractivity contribution >= 4 is 16.9 Å². The molecule has 1 aromatic heterocycles. The Hall–Kier alpha value is -3.91. The van der Waals surface area contributed by atoms with Gasteiger partial charge in [0, 0.05) is 11.8 Å². The number of fused-ring (bicyclic) bond motifs is 1. The predicted octanol–water partition coefficient (Wildman–Crippen LogP) is 5.35. The van der Waals surface area contributed by atoms with Crippen LogP contribution in [0.2, 0.25) is 0 Å². The molecule has 0 aliphatic carbocycles. The van der Waals surface area contributed by atoms with E-state index >= 15 is 0 Å². The molecule has 0 spiro atoms. The van der Waals surface area contributed by atoms with Crippen molar-refractivity contribution in [3.05, 3.63) is 107 Å². The number of benzene rings is 3. The number of rotatable bonds is 7. The highest BCUT2D eigenvalue weighted by atomic mass is 19.4. The Kier molecular flexibility index (Phi) is 6.26. The van der Waals surface area contributed by atoms with Gasteiger partial charge in [-0.25, -0.2) is 9.78 Å². The number of ether oxygens (including phenoxy) is 1. The first-order valence-corrected chi connectivity index (χ1v) is 10.3. The normalized spacial score (nSPS) is 13.4. The van der Waals surface area contributed by atoms with Crippen LogP contribution in [0.15, 0.2) is 84.9 Å². The second-order valence-corrected chi connectivity index (χ2v) is 7.85. The molecule has 2 N–H and O–H groups in total. The molecule has 3 aromatic carbocycles. The summed E-state index contributed by atoms with van der Waals surface area (Å²) in [7, 11) is 0. The topological polar surface area (TPSA) is 79.7 Å². The Bertz CT molecular complexity index is 1320. The first-order valence-electron chi connectivity index (χ1n) is 10.3. The Labute approximate surface area is 193 Å². The van der Waals surface area contributed by atoms with Gasteiger partial charge in [0.25, 0.3) is 0 Å². The number of hydrogen-bond acceptors (Lipinski definition) is 4. The van der Waals surface area contributed by atoms with Gasteiger partial charge in [-0.15, -0.1) is 0 Å². The number of hydrogen-bond donors (Lipinski definition) is 2. The van der Waals surface area contributed by atoms with E-state index < -0.39 is 29.7 Å². The number of halogens is 3. The molecule has 0 bridgehead atoms. The number of carbonyl (C=O) groups is 1. The number of aliphatic carboxylic acids is 1. The molecule has 0 fully saturated rings. The zero-order valence-corrected chi connectivity index (χ0v) is 17.8. The summed E-state index contributed by atoms with van der Waals surface area (Å²) in [6.07, 6.45) is -5.11.